The summed E-state index contributed by atoms with van der Waals surface area (Å²) >= 11 is 0. The first-order valence-electron chi connectivity index (χ1n) is 6.55. The maximum atomic E-state index is 11.1. The summed E-state index contributed by atoms with van der Waals surface area (Å²) in [7, 11) is 1.63. The van der Waals surface area contributed by atoms with Crippen LogP contribution >= 0.6 is 0 Å². The van der Waals surface area contributed by atoms with Crippen molar-refractivity contribution in [1.82, 2.24) is 4.57 Å². The second-order valence-corrected chi connectivity index (χ2v) is 4.72. The Morgan fingerprint density at radius 3 is 2.71 bits per heavy atom. The zero-order valence-electron chi connectivity index (χ0n) is 11.5. The van der Waals surface area contributed by atoms with Gasteiger partial charge in [0.05, 0.1) is 24.1 Å². The first-order valence-corrected chi connectivity index (χ1v) is 6.55. The van der Waals surface area contributed by atoms with Gasteiger partial charge in [0.25, 0.3) is 5.69 Å². The molecule has 0 aliphatic carbocycles. The van der Waals surface area contributed by atoms with E-state index >= 15 is 0 Å². The van der Waals surface area contributed by atoms with Crippen LogP contribution < -0.4 is 4.74 Å². The fourth-order valence-electron chi connectivity index (χ4n) is 2.52. The van der Waals surface area contributed by atoms with Crippen LogP contribution in [0.25, 0.3) is 10.9 Å². The fraction of sp³-hybridized carbons (Fsp3) is 0.125. The van der Waals surface area contributed by atoms with Crippen LogP contribution in [0.4, 0.5) is 5.69 Å². The third-order valence-corrected chi connectivity index (χ3v) is 3.52. The van der Waals surface area contributed by atoms with Gasteiger partial charge in [-0.25, -0.2) is 0 Å². The van der Waals surface area contributed by atoms with Crippen LogP contribution in [0, 0.1) is 10.1 Å². The van der Waals surface area contributed by atoms with Crippen molar-refractivity contribution in [2.75, 3.05) is 7.11 Å². The number of methoxy groups -OCH3 is 1. The average Bonchev–Trinajstić information content (AvgIpc) is 2.91. The summed E-state index contributed by atoms with van der Waals surface area (Å²) in [6.45, 7) is 0.452. The van der Waals surface area contributed by atoms with E-state index in [1.807, 2.05) is 41.1 Å². The van der Waals surface area contributed by atoms with Gasteiger partial charge in [0.15, 0.2) is 0 Å². The van der Waals surface area contributed by atoms with Gasteiger partial charge in [0.1, 0.15) is 5.75 Å². The van der Waals surface area contributed by atoms with Crippen molar-refractivity contribution in [2.45, 2.75) is 6.54 Å². The molecule has 0 N–H and O–H groups in total. The molecule has 1 aromatic heterocycles. The Labute approximate surface area is 121 Å². The lowest BCUT2D eigenvalue weighted by Gasteiger charge is -2.07. The first-order chi connectivity index (χ1) is 10.2. The molecule has 0 saturated heterocycles. The summed E-state index contributed by atoms with van der Waals surface area (Å²) in [6.07, 6.45) is 1.92. The smallest absolute Gasteiger partial charge is 0.274 e. The molecule has 5 nitrogen and oxygen atoms in total. The summed E-state index contributed by atoms with van der Waals surface area (Å²) in [4.78, 5) is 10.7. The second-order valence-electron chi connectivity index (χ2n) is 4.72. The van der Waals surface area contributed by atoms with Gasteiger partial charge >= 0.3 is 0 Å². The minimum absolute atomic E-state index is 0.141. The van der Waals surface area contributed by atoms with Crippen LogP contribution in [-0.4, -0.2) is 16.6 Å². The molecule has 0 amide bonds. The summed E-state index contributed by atoms with van der Waals surface area (Å²) in [6, 6.07) is 14.6. The van der Waals surface area contributed by atoms with E-state index in [2.05, 4.69) is 0 Å². The molecule has 0 unspecified atom stereocenters. The van der Waals surface area contributed by atoms with Gasteiger partial charge in [-0.2, -0.15) is 0 Å². The van der Waals surface area contributed by atoms with Crippen LogP contribution in [0.2, 0.25) is 0 Å². The molecule has 3 rings (SSSR count). The highest BCUT2D eigenvalue weighted by atomic mass is 16.6. The average molecular weight is 282 g/mol. The highest BCUT2D eigenvalue weighted by Gasteiger charge is 2.14. The van der Waals surface area contributed by atoms with E-state index in [4.69, 9.17) is 4.74 Å². The Morgan fingerprint density at radius 1 is 1.14 bits per heavy atom. The lowest BCUT2D eigenvalue weighted by molar-refractivity contribution is -0.385. The van der Waals surface area contributed by atoms with E-state index in [1.54, 1.807) is 19.2 Å². The van der Waals surface area contributed by atoms with Crippen molar-refractivity contribution >= 4 is 16.6 Å². The van der Waals surface area contributed by atoms with E-state index in [0.29, 0.717) is 12.1 Å². The molecule has 0 saturated carbocycles. The van der Waals surface area contributed by atoms with Gasteiger partial charge in [0.2, 0.25) is 0 Å². The Morgan fingerprint density at radius 2 is 1.95 bits per heavy atom. The molecule has 0 radical (unpaired) electrons. The lowest BCUT2D eigenvalue weighted by atomic mass is 10.1. The maximum Gasteiger partial charge on any atom is 0.274 e. The quantitative estimate of drug-likeness (QED) is 0.542. The summed E-state index contributed by atoms with van der Waals surface area (Å²) in [5.74, 6) is 0.800. The lowest BCUT2D eigenvalue weighted by Crippen LogP contribution is -2.01. The van der Waals surface area contributed by atoms with Crippen LogP contribution in [0.3, 0.4) is 0 Å². The number of hydrogen-bond donors (Lipinski definition) is 0. The molecule has 0 fully saturated rings. The van der Waals surface area contributed by atoms with Crippen molar-refractivity contribution in [3.8, 4) is 5.75 Å². The normalized spacial score (nSPS) is 10.7. The first kappa shape index (κ1) is 13.2. The third kappa shape index (κ3) is 2.33. The minimum Gasteiger partial charge on any atom is -0.496 e. The number of benzene rings is 2. The van der Waals surface area contributed by atoms with Gasteiger partial charge < -0.3 is 9.30 Å². The number of hydrogen-bond acceptors (Lipinski definition) is 3. The molecule has 1 heterocycles. The number of para-hydroxylation sites is 1. The highest BCUT2D eigenvalue weighted by molar-refractivity contribution is 5.86. The Bertz CT molecular complexity index is 808. The molecular formula is C16H14N2O3. The zero-order valence-corrected chi connectivity index (χ0v) is 11.5. The van der Waals surface area contributed by atoms with Gasteiger partial charge in [-0.15, -0.1) is 0 Å². The van der Waals surface area contributed by atoms with Gasteiger partial charge in [0, 0.05) is 23.2 Å². The predicted molar refractivity (Wildman–Crippen MR) is 80.7 cm³/mol. The Hall–Kier alpha value is -2.82. The molecular weight excluding hydrogens is 268 g/mol. The van der Waals surface area contributed by atoms with Gasteiger partial charge in [-0.3, -0.25) is 10.1 Å². The van der Waals surface area contributed by atoms with Crippen LogP contribution in [0.5, 0.6) is 5.75 Å². The predicted octanol–water partition coefficient (Wildman–Crippen LogP) is 3.61. The number of nitrogens with zero attached hydrogens (tertiary/aromatic N) is 2. The van der Waals surface area contributed by atoms with E-state index in [1.165, 1.54) is 6.07 Å². The number of fused-ring (bicyclic) bond motifs is 1. The highest BCUT2D eigenvalue weighted by Crippen LogP contribution is 2.28. The van der Waals surface area contributed by atoms with Crippen molar-refractivity contribution in [1.29, 1.82) is 0 Å². The number of aromatic nitrogens is 1. The van der Waals surface area contributed by atoms with Crippen molar-refractivity contribution in [3.05, 3.63) is 70.4 Å². The molecule has 2 aromatic carbocycles. The van der Waals surface area contributed by atoms with Crippen LogP contribution in [0.1, 0.15) is 5.56 Å². The molecule has 0 aliphatic rings. The van der Waals surface area contributed by atoms with Crippen molar-refractivity contribution in [2.24, 2.45) is 0 Å². The number of rotatable bonds is 4. The largest absolute Gasteiger partial charge is 0.496 e. The monoisotopic (exact) mass is 282 g/mol. The van der Waals surface area contributed by atoms with Gasteiger partial charge in [-0.1, -0.05) is 24.3 Å². The third-order valence-electron chi connectivity index (χ3n) is 3.52. The molecule has 106 valence electrons. The number of ether oxygens (including phenoxy) is 1. The summed E-state index contributed by atoms with van der Waals surface area (Å²) in [5, 5.41) is 12.1. The van der Waals surface area contributed by atoms with Crippen molar-refractivity contribution in [3.63, 3.8) is 0 Å². The SMILES string of the molecule is COc1cccc2c1ccn2Cc1ccccc1[N+](=O)[O-]. The molecule has 3 aromatic rings. The number of nitro groups is 1. The Kier molecular flexibility index (Phi) is 3.31. The summed E-state index contributed by atoms with van der Waals surface area (Å²) in [5.41, 5.74) is 1.82. The molecule has 21 heavy (non-hydrogen) atoms. The molecule has 0 bridgehead atoms. The summed E-state index contributed by atoms with van der Waals surface area (Å²) < 4.78 is 7.32. The van der Waals surface area contributed by atoms with Gasteiger partial charge in [-0.05, 0) is 18.2 Å². The van der Waals surface area contributed by atoms with E-state index < -0.39 is 0 Å². The molecule has 0 aliphatic heterocycles. The molecule has 5 heteroatoms. The van der Waals surface area contributed by atoms with E-state index in [0.717, 1.165) is 16.7 Å². The molecule has 0 spiro atoms. The topological polar surface area (TPSA) is 57.3 Å². The second kappa shape index (κ2) is 5.28. The van der Waals surface area contributed by atoms with Crippen molar-refractivity contribution < 1.29 is 9.66 Å². The standard InChI is InChI=1S/C16H14N2O3/c1-21-16-8-4-7-15-13(16)9-10-17(15)11-12-5-2-3-6-14(12)18(19)20/h2-10H,11H2,1H3. The molecule has 0 atom stereocenters. The van der Waals surface area contributed by atoms with E-state index in [9.17, 15) is 10.1 Å². The fourth-order valence-corrected chi connectivity index (χ4v) is 2.52. The maximum absolute atomic E-state index is 11.1. The minimum atomic E-state index is -0.346. The van der Waals surface area contributed by atoms with Crippen LogP contribution in [0.15, 0.2) is 54.7 Å². The Balaban J connectivity index is 2.05. The number of nitro benzene ring substituents is 1. The van der Waals surface area contributed by atoms with Crippen LogP contribution in [-0.2, 0) is 6.54 Å². The van der Waals surface area contributed by atoms with E-state index in [-0.39, 0.29) is 10.6 Å². The zero-order chi connectivity index (χ0) is 14.8.